The lowest BCUT2D eigenvalue weighted by atomic mass is 10.2. The van der Waals surface area contributed by atoms with Crippen LogP contribution in [-0.4, -0.2) is 60.8 Å². The number of hydrogen-bond donors (Lipinski definition) is 1. The third-order valence-electron chi connectivity index (χ3n) is 3.54. The molecule has 0 aromatic carbocycles. The zero-order valence-electron chi connectivity index (χ0n) is 12.1. The molecule has 1 atom stereocenters. The number of ether oxygens (including phenoxy) is 2. The van der Waals surface area contributed by atoms with E-state index in [1.165, 1.54) is 11.5 Å². The first kappa shape index (κ1) is 14.7. The van der Waals surface area contributed by atoms with E-state index in [-0.39, 0.29) is 5.91 Å². The summed E-state index contributed by atoms with van der Waals surface area (Å²) in [6, 6.07) is 0.360. The molecule has 1 amide bonds. The van der Waals surface area contributed by atoms with E-state index in [9.17, 15) is 4.79 Å². The van der Waals surface area contributed by atoms with Crippen molar-refractivity contribution in [2.45, 2.75) is 31.4 Å². The predicted molar refractivity (Wildman–Crippen MR) is 78.6 cm³/mol. The van der Waals surface area contributed by atoms with Crippen LogP contribution in [0.2, 0.25) is 0 Å². The highest BCUT2D eigenvalue weighted by atomic mass is 32.1. The summed E-state index contributed by atoms with van der Waals surface area (Å²) in [4.78, 5) is 18.6. The van der Waals surface area contributed by atoms with Crippen LogP contribution in [0.1, 0.15) is 18.7 Å². The molecule has 2 fully saturated rings. The topological polar surface area (TPSA) is 76.6 Å². The molecule has 1 aliphatic heterocycles. The Morgan fingerprint density at radius 2 is 2.43 bits per heavy atom. The molecule has 1 unspecified atom stereocenters. The fourth-order valence-corrected chi connectivity index (χ4v) is 2.92. The largest absolute Gasteiger partial charge is 0.384 e. The maximum atomic E-state index is 12.1. The van der Waals surface area contributed by atoms with Gasteiger partial charge < -0.3 is 19.7 Å². The van der Waals surface area contributed by atoms with Gasteiger partial charge in [-0.2, -0.15) is 4.37 Å². The highest BCUT2D eigenvalue weighted by molar-refractivity contribution is 7.09. The van der Waals surface area contributed by atoms with Crippen LogP contribution < -0.4 is 10.2 Å². The van der Waals surface area contributed by atoms with Crippen LogP contribution in [0.3, 0.4) is 0 Å². The van der Waals surface area contributed by atoms with Gasteiger partial charge in [0.2, 0.25) is 5.13 Å². The Kier molecular flexibility index (Phi) is 4.67. The summed E-state index contributed by atoms with van der Waals surface area (Å²) in [7, 11) is 1.67. The lowest BCUT2D eigenvalue weighted by Gasteiger charge is -2.31. The van der Waals surface area contributed by atoms with Crippen LogP contribution in [0.15, 0.2) is 0 Å². The summed E-state index contributed by atoms with van der Waals surface area (Å²) in [6.07, 6.45) is 2.47. The van der Waals surface area contributed by atoms with E-state index in [0.717, 1.165) is 30.3 Å². The van der Waals surface area contributed by atoms with Crippen molar-refractivity contribution in [3.05, 3.63) is 5.82 Å². The number of aromatic nitrogens is 2. The lowest BCUT2D eigenvalue weighted by molar-refractivity contribution is -0.133. The molecule has 8 heteroatoms. The van der Waals surface area contributed by atoms with Gasteiger partial charge >= 0.3 is 0 Å². The quantitative estimate of drug-likeness (QED) is 0.809. The highest BCUT2D eigenvalue weighted by Crippen LogP contribution is 2.22. The Hall–Kier alpha value is -1.25. The second-order valence-corrected chi connectivity index (χ2v) is 6.05. The Labute approximate surface area is 127 Å². The Morgan fingerprint density at radius 1 is 1.57 bits per heavy atom. The second kappa shape index (κ2) is 6.67. The van der Waals surface area contributed by atoms with Crippen molar-refractivity contribution in [3.8, 4) is 0 Å². The first-order chi connectivity index (χ1) is 10.3. The number of amides is 1. The average Bonchev–Trinajstić information content (AvgIpc) is 3.19. The summed E-state index contributed by atoms with van der Waals surface area (Å²) < 4.78 is 14.9. The molecule has 2 aliphatic rings. The van der Waals surface area contributed by atoms with Crippen molar-refractivity contribution in [1.29, 1.82) is 0 Å². The standard InChI is InChI=1S/C13H20N4O3S/c1-19-6-4-11-15-13(21-16-11)17-5-7-20-10(8-17)12(18)14-9-2-3-9/h9-10H,2-8H2,1H3,(H,14,18). The molecule has 21 heavy (non-hydrogen) atoms. The molecule has 116 valence electrons. The number of nitrogens with zero attached hydrogens (tertiary/aromatic N) is 3. The number of carbonyl (C=O) groups is 1. The molecule has 2 heterocycles. The minimum Gasteiger partial charge on any atom is -0.384 e. The van der Waals surface area contributed by atoms with Crippen LogP contribution in [0, 0.1) is 0 Å². The van der Waals surface area contributed by atoms with E-state index < -0.39 is 6.10 Å². The fraction of sp³-hybridized carbons (Fsp3) is 0.769. The average molecular weight is 312 g/mol. The van der Waals surface area contributed by atoms with Crippen molar-refractivity contribution in [2.75, 3.05) is 38.3 Å². The SMILES string of the molecule is COCCc1nsc(N2CCOC(C(=O)NC3CC3)C2)n1. The van der Waals surface area contributed by atoms with Gasteiger partial charge in [-0.1, -0.05) is 0 Å². The summed E-state index contributed by atoms with van der Waals surface area (Å²) >= 11 is 1.37. The number of rotatable bonds is 6. The fourth-order valence-electron chi connectivity index (χ4n) is 2.17. The minimum atomic E-state index is -0.411. The van der Waals surface area contributed by atoms with Crippen LogP contribution >= 0.6 is 11.5 Å². The summed E-state index contributed by atoms with van der Waals surface area (Å²) in [5, 5.41) is 3.84. The van der Waals surface area contributed by atoms with Crippen LogP contribution in [0.25, 0.3) is 0 Å². The second-order valence-electron chi connectivity index (χ2n) is 5.32. The summed E-state index contributed by atoms with van der Waals surface area (Å²) in [5.41, 5.74) is 0. The normalized spacial score (nSPS) is 22.3. The van der Waals surface area contributed by atoms with Gasteiger partial charge in [0.05, 0.1) is 19.8 Å². The zero-order chi connectivity index (χ0) is 14.7. The molecule has 7 nitrogen and oxygen atoms in total. The van der Waals surface area contributed by atoms with Crippen LogP contribution in [-0.2, 0) is 20.7 Å². The van der Waals surface area contributed by atoms with Crippen LogP contribution in [0.5, 0.6) is 0 Å². The molecule has 0 spiro atoms. The molecule has 0 radical (unpaired) electrons. The van der Waals surface area contributed by atoms with Crippen molar-refractivity contribution >= 4 is 22.6 Å². The summed E-state index contributed by atoms with van der Waals surface area (Å²) in [6.45, 7) is 2.44. The van der Waals surface area contributed by atoms with Gasteiger partial charge in [0.25, 0.3) is 5.91 Å². The molecule has 1 aromatic rings. The number of anilines is 1. The van der Waals surface area contributed by atoms with Gasteiger partial charge in [0.15, 0.2) is 6.10 Å². The first-order valence-corrected chi connectivity index (χ1v) is 8.02. The number of nitrogens with one attached hydrogen (secondary N) is 1. The molecule has 3 rings (SSSR count). The maximum absolute atomic E-state index is 12.1. The molecular weight excluding hydrogens is 292 g/mol. The van der Waals surface area contributed by atoms with E-state index in [4.69, 9.17) is 9.47 Å². The smallest absolute Gasteiger partial charge is 0.251 e. The number of morpholine rings is 1. The Balaban J connectivity index is 1.56. The molecule has 1 aromatic heterocycles. The Bertz CT molecular complexity index is 492. The van der Waals surface area contributed by atoms with Crippen molar-refractivity contribution in [3.63, 3.8) is 0 Å². The minimum absolute atomic E-state index is 0.00804. The van der Waals surface area contributed by atoms with E-state index in [1.807, 2.05) is 0 Å². The van der Waals surface area contributed by atoms with Gasteiger partial charge in [0, 0.05) is 37.6 Å². The van der Waals surface area contributed by atoms with Gasteiger partial charge in [-0.25, -0.2) is 4.98 Å². The van der Waals surface area contributed by atoms with Gasteiger partial charge in [-0.15, -0.1) is 0 Å². The molecule has 1 N–H and O–H groups in total. The van der Waals surface area contributed by atoms with Gasteiger partial charge in [-0.3, -0.25) is 4.79 Å². The zero-order valence-corrected chi connectivity index (χ0v) is 12.9. The number of carbonyl (C=O) groups excluding carboxylic acids is 1. The van der Waals surface area contributed by atoms with E-state index in [0.29, 0.717) is 32.2 Å². The third kappa shape index (κ3) is 3.90. The highest BCUT2D eigenvalue weighted by Gasteiger charge is 2.32. The van der Waals surface area contributed by atoms with E-state index in [2.05, 4.69) is 19.6 Å². The number of methoxy groups -OCH3 is 1. The monoisotopic (exact) mass is 312 g/mol. The first-order valence-electron chi connectivity index (χ1n) is 7.24. The van der Waals surface area contributed by atoms with Crippen LogP contribution in [0.4, 0.5) is 5.13 Å². The van der Waals surface area contributed by atoms with E-state index >= 15 is 0 Å². The molecular formula is C13H20N4O3S. The van der Waals surface area contributed by atoms with Gasteiger partial charge in [-0.05, 0) is 12.8 Å². The van der Waals surface area contributed by atoms with Crippen molar-refractivity contribution in [2.24, 2.45) is 0 Å². The van der Waals surface area contributed by atoms with Crippen molar-refractivity contribution < 1.29 is 14.3 Å². The molecule has 1 saturated carbocycles. The van der Waals surface area contributed by atoms with Gasteiger partial charge in [0.1, 0.15) is 5.82 Å². The number of hydrogen-bond acceptors (Lipinski definition) is 7. The molecule has 1 saturated heterocycles. The lowest BCUT2D eigenvalue weighted by Crippen LogP contribution is -2.50. The predicted octanol–water partition coefficient (Wildman–Crippen LogP) is 0.211. The Morgan fingerprint density at radius 3 is 3.19 bits per heavy atom. The molecule has 0 bridgehead atoms. The summed E-state index contributed by atoms with van der Waals surface area (Å²) in [5.74, 6) is 0.786. The third-order valence-corrected chi connectivity index (χ3v) is 4.36. The molecule has 1 aliphatic carbocycles. The van der Waals surface area contributed by atoms with E-state index in [1.54, 1.807) is 7.11 Å². The van der Waals surface area contributed by atoms with Crippen molar-refractivity contribution in [1.82, 2.24) is 14.7 Å². The maximum Gasteiger partial charge on any atom is 0.251 e.